The van der Waals surface area contributed by atoms with Crippen molar-refractivity contribution in [1.82, 2.24) is 10.3 Å². The van der Waals surface area contributed by atoms with E-state index in [0.29, 0.717) is 10.9 Å². The van der Waals surface area contributed by atoms with Crippen molar-refractivity contribution >= 4 is 28.5 Å². The topological polar surface area (TPSA) is 57.1 Å². The largest absolute Gasteiger partial charge is 0.298 e. The molecule has 24 heavy (non-hydrogen) atoms. The van der Waals surface area contributed by atoms with Crippen LogP contribution in [0, 0.1) is 6.92 Å². The number of aryl methyl sites for hydroxylation is 1. The van der Waals surface area contributed by atoms with E-state index in [0.717, 1.165) is 21.7 Å². The first kappa shape index (κ1) is 15.0. The van der Waals surface area contributed by atoms with Crippen LogP contribution in [0.5, 0.6) is 0 Å². The van der Waals surface area contributed by atoms with Gasteiger partial charge in [-0.2, -0.15) is 0 Å². The third-order valence-corrected chi connectivity index (χ3v) is 4.75. The molecule has 2 aliphatic heterocycles. The summed E-state index contributed by atoms with van der Waals surface area (Å²) >= 11 is 1.41. The van der Waals surface area contributed by atoms with E-state index in [2.05, 4.69) is 10.4 Å². The molecule has 0 aromatic heterocycles. The second kappa shape index (κ2) is 5.79. The Bertz CT molecular complexity index is 983. The van der Waals surface area contributed by atoms with Crippen LogP contribution < -0.4 is 15.9 Å². The molecule has 2 heterocycles. The molecule has 2 aromatic rings. The SMILES string of the molecule is CSC1=NN2C(=c3ccccc3=NC2c2ccccc2C)C(=O)N1. The summed E-state index contributed by atoms with van der Waals surface area (Å²) < 4.78 is 0. The van der Waals surface area contributed by atoms with Gasteiger partial charge in [0.15, 0.2) is 11.3 Å². The summed E-state index contributed by atoms with van der Waals surface area (Å²) in [5.74, 6) is -0.143. The lowest BCUT2D eigenvalue weighted by Gasteiger charge is -2.34. The van der Waals surface area contributed by atoms with Crippen LogP contribution in [0.1, 0.15) is 17.3 Å². The molecule has 0 radical (unpaired) electrons. The van der Waals surface area contributed by atoms with E-state index in [1.54, 1.807) is 5.01 Å². The molecule has 4 rings (SSSR count). The Morgan fingerprint density at radius 2 is 1.88 bits per heavy atom. The molecule has 0 saturated heterocycles. The zero-order valence-corrected chi connectivity index (χ0v) is 14.2. The van der Waals surface area contributed by atoms with Crippen molar-refractivity contribution in [2.45, 2.75) is 13.1 Å². The molecule has 6 heteroatoms. The molecule has 1 atom stereocenters. The minimum absolute atomic E-state index is 0.143. The Hall–Kier alpha value is -2.60. The summed E-state index contributed by atoms with van der Waals surface area (Å²) in [5.41, 5.74) is 2.71. The predicted molar refractivity (Wildman–Crippen MR) is 95.5 cm³/mol. The van der Waals surface area contributed by atoms with Crippen molar-refractivity contribution in [2.75, 3.05) is 6.26 Å². The third kappa shape index (κ3) is 2.30. The maximum absolute atomic E-state index is 12.7. The Morgan fingerprint density at radius 3 is 2.67 bits per heavy atom. The van der Waals surface area contributed by atoms with Crippen molar-refractivity contribution in [3.8, 4) is 0 Å². The highest BCUT2D eigenvalue weighted by Gasteiger charge is 2.34. The number of amidine groups is 1. The summed E-state index contributed by atoms with van der Waals surface area (Å²) in [5, 5.41) is 11.4. The molecule has 0 aliphatic carbocycles. The molecule has 0 saturated carbocycles. The van der Waals surface area contributed by atoms with Gasteiger partial charge in [-0.05, 0) is 24.8 Å². The zero-order chi connectivity index (χ0) is 16.7. The van der Waals surface area contributed by atoms with E-state index in [4.69, 9.17) is 4.99 Å². The molecule has 2 aromatic carbocycles. The van der Waals surface area contributed by atoms with Gasteiger partial charge in [-0.15, -0.1) is 5.10 Å². The van der Waals surface area contributed by atoms with Crippen LogP contribution in [0.2, 0.25) is 0 Å². The molecule has 0 bridgehead atoms. The highest BCUT2D eigenvalue weighted by molar-refractivity contribution is 8.13. The van der Waals surface area contributed by atoms with Gasteiger partial charge in [0.1, 0.15) is 5.70 Å². The lowest BCUT2D eigenvalue weighted by atomic mass is 10.0. The van der Waals surface area contributed by atoms with Crippen LogP contribution in [0.25, 0.3) is 5.70 Å². The van der Waals surface area contributed by atoms with Crippen molar-refractivity contribution in [3.63, 3.8) is 0 Å². The van der Waals surface area contributed by atoms with Gasteiger partial charge in [-0.3, -0.25) is 15.1 Å². The minimum Gasteiger partial charge on any atom is -0.298 e. The molecule has 0 fully saturated rings. The van der Waals surface area contributed by atoms with Gasteiger partial charge in [0.25, 0.3) is 5.91 Å². The molecule has 1 amide bonds. The number of hydrazone groups is 1. The number of carbonyl (C=O) groups excluding carboxylic acids is 1. The second-order valence-electron chi connectivity index (χ2n) is 5.63. The van der Waals surface area contributed by atoms with Gasteiger partial charge >= 0.3 is 0 Å². The van der Waals surface area contributed by atoms with E-state index in [1.807, 2.05) is 61.7 Å². The monoisotopic (exact) mass is 336 g/mol. The molecule has 120 valence electrons. The summed E-state index contributed by atoms with van der Waals surface area (Å²) in [6.07, 6.45) is 1.55. The minimum atomic E-state index is -0.343. The molecule has 0 spiro atoms. The fourth-order valence-electron chi connectivity index (χ4n) is 3.00. The van der Waals surface area contributed by atoms with Gasteiger partial charge in [-0.1, -0.05) is 54.2 Å². The number of fused-ring (bicyclic) bond motifs is 2. The van der Waals surface area contributed by atoms with Gasteiger partial charge in [-0.25, -0.2) is 5.01 Å². The van der Waals surface area contributed by atoms with Crippen LogP contribution in [-0.4, -0.2) is 22.3 Å². The number of thioether (sulfide) groups is 1. The smallest absolute Gasteiger partial charge is 0.276 e. The third-order valence-electron chi connectivity index (χ3n) is 4.18. The first-order valence-corrected chi connectivity index (χ1v) is 8.87. The molecular weight excluding hydrogens is 320 g/mol. The quantitative estimate of drug-likeness (QED) is 0.859. The zero-order valence-electron chi connectivity index (χ0n) is 13.4. The van der Waals surface area contributed by atoms with E-state index in [9.17, 15) is 4.79 Å². The predicted octanol–water partition coefficient (Wildman–Crippen LogP) is 1.50. The van der Waals surface area contributed by atoms with Gasteiger partial charge < -0.3 is 0 Å². The average molecular weight is 336 g/mol. The number of amides is 1. The number of hydrogen-bond acceptors (Lipinski definition) is 5. The number of benzene rings is 2. The molecule has 2 aliphatic rings. The van der Waals surface area contributed by atoms with Gasteiger partial charge in [0, 0.05) is 10.8 Å². The van der Waals surface area contributed by atoms with Crippen LogP contribution >= 0.6 is 11.8 Å². The lowest BCUT2D eigenvalue weighted by Crippen LogP contribution is -2.50. The maximum atomic E-state index is 12.7. The summed E-state index contributed by atoms with van der Waals surface area (Å²) in [7, 11) is 0. The fourth-order valence-corrected chi connectivity index (χ4v) is 3.36. The summed E-state index contributed by atoms with van der Waals surface area (Å²) in [4.78, 5) is 17.6. The Kier molecular flexibility index (Phi) is 3.61. The van der Waals surface area contributed by atoms with Crippen molar-refractivity contribution in [2.24, 2.45) is 10.1 Å². The normalized spacial score (nSPS) is 19.0. The van der Waals surface area contributed by atoms with Crippen LogP contribution in [0.15, 0.2) is 58.6 Å². The Morgan fingerprint density at radius 1 is 1.12 bits per heavy atom. The molecule has 1 unspecified atom stereocenters. The molecular formula is C18H16N4OS. The summed E-state index contributed by atoms with van der Waals surface area (Å²) in [6, 6.07) is 15.8. The number of rotatable bonds is 1. The van der Waals surface area contributed by atoms with Crippen molar-refractivity contribution in [3.05, 3.63) is 70.2 Å². The maximum Gasteiger partial charge on any atom is 0.276 e. The fraction of sp³-hybridized carbons (Fsp3) is 0.167. The van der Waals surface area contributed by atoms with Gasteiger partial charge in [0.05, 0.1) is 5.36 Å². The van der Waals surface area contributed by atoms with Crippen molar-refractivity contribution in [1.29, 1.82) is 0 Å². The van der Waals surface area contributed by atoms with Gasteiger partial charge in [0.2, 0.25) is 0 Å². The standard InChI is InChI=1S/C18H16N4OS/c1-11-7-3-4-8-12(11)16-19-14-10-6-5-9-13(14)15-17(23)20-18(24-2)21-22(15)16/h3-10,16H,1-2H3,(H,20,21,23). The summed E-state index contributed by atoms with van der Waals surface area (Å²) in [6.45, 7) is 2.05. The first-order valence-electron chi connectivity index (χ1n) is 7.65. The van der Waals surface area contributed by atoms with E-state index in [-0.39, 0.29) is 12.1 Å². The number of para-hydroxylation sites is 1. The highest BCUT2D eigenvalue weighted by atomic mass is 32.2. The van der Waals surface area contributed by atoms with Crippen LogP contribution in [0.3, 0.4) is 0 Å². The number of hydrogen-bond donors (Lipinski definition) is 1. The van der Waals surface area contributed by atoms with E-state index < -0.39 is 0 Å². The number of nitrogens with one attached hydrogen (secondary N) is 1. The van der Waals surface area contributed by atoms with E-state index >= 15 is 0 Å². The Labute approximate surface area is 143 Å². The Balaban J connectivity index is 2.02. The second-order valence-corrected chi connectivity index (χ2v) is 6.43. The van der Waals surface area contributed by atoms with Crippen LogP contribution in [0.4, 0.5) is 0 Å². The first-order chi connectivity index (χ1) is 11.7. The van der Waals surface area contributed by atoms with Crippen LogP contribution in [-0.2, 0) is 4.79 Å². The van der Waals surface area contributed by atoms with E-state index in [1.165, 1.54) is 11.8 Å². The number of nitrogens with zero attached hydrogens (tertiary/aromatic N) is 3. The molecule has 5 nitrogen and oxygen atoms in total. The van der Waals surface area contributed by atoms with Crippen molar-refractivity contribution < 1.29 is 4.79 Å². The molecule has 1 N–H and O–H groups in total. The highest BCUT2D eigenvalue weighted by Crippen LogP contribution is 2.31. The lowest BCUT2D eigenvalue weighted by molar-refractivity contribution is -0.116. The number of carbonyl (C=O) groups is 1. The average Bonchev–Trinajstić information content (AvgIpc) is 2.61.